The summed E-state index contributed by atoms with van der Waals surface area (Å²) < 4.78 is 0.196. The Morgan fingerprint density at radius 3 is 2.70 bits per heavy atom. The van der Waals surface area contributed by atoms with E-state index in [0.29, 0.717) is 0 Å². The Labute approximate surface area is 148 Å². The molecule has 1 saturated heterocycles. The summed E-state index contributed by atoms with van der Waals surface area (Å²) >= 11 is 1.87. The lowest BCUT2D eigenvalue weighted by atomic mass is 9.97. The molecule has 1 atom stereocenters. The van der Waals surface area contributed by atoms with Gasteiger partial charge in [-0.3, -0.25) is 4.99 Å². The van der Waals surface area contributed by atoms with Crippen LogP contribution < -0.4 is 10.6 Å². The van der Waals surface area contributed by atoms with Crippen molar-refractivity contribution in [2.24, 2.45) is 16.8 Å². The van der Waals surface area contributed by atoms with Crippen LogP contribution in [-0.4, -0.2) is 61.1 Å². The number of guanidine groups is 1. The third kappa shape index (κ3) is 8.85. The minimum absolute atomic E-state index is 0.196. The molecule has 0 spiro atoms. The fourth-order valence-electron chi connectivity index (χ4n) is 2.92. The van der Waals surface area contributed by atoms with Crippen LogP contribution in [0.2, 0.25) is 0 Å². The van der Waals surface area contributed by atoms with E-state index in [1.54, 1.807) is 0 Å². The SMILES string of the molecule is CCNC(=NCC(C)(C)SC)NCC1CCCN(CC(C)C)C1. The fourth-order valence-corrected chi connectivity index (χ4v) is 3.11. The first-order chi connectivity index (χ1) is 10.9. The van der Waals surface area contributed by atoms with Gasteiger partial charge in [-0.15, -0.1) is 0 Å². The largest absolute Gasteiger partial charge is 0.357 e. The first-order valence-corrected chi connectivity index (χ1v) is 10.4. The van der Waals surface area contributed by atoms with Crippen molar-refractivity contribution in [2.75, 3.05) is 45.5 Å². The smallest absolute Gasteiger partial charge is 0.191 e. The lowest BCUT2D eigenvalue weighted by Gasteiger charge is -2.34. The minimum atomic E-state index is 0.196. The number of aliphatic imine (C=N–C) groups is 1. The molecular formula is C18H38N4S. The Bertz CT molecular complexity index is 355. The second-order valence-corrected chi connectivity index (χ2v) is 9.21. The maximum absolute atomic E-state index is 4.77. The number of rotatable bonds is 8. The van der Waals surface area contributed by atoms with Crippen molar-refractivity contribution in [2.45, 2.75) is 52.2 Å². The molecule has 1 heterocycles. The summed E-state index contributed by atoms with van der Waals surface area (Å²) in [7, 11) is 0. The van der Waals surface area contributed by atoms with Crippen molar-refractivity contribution in [3.05, 3.63) is 0 Å². The molecule has 1 unspecified atom stereocenters. The maximum atomic E-state index is 4.77. The molecule has 23 heavy (non-hydrogen) atoms. The number of thioether (sulfide) groups is 1. The number of hydrogen-bond donors (Lipinski definition) is 2. The van der Waals surface area contributed by atoms with E-state index < -0.39 is 0 Å². The van der Waals surface area contributed by atoms with Crippen molar-refractivity contribution in [3.63, 3.8) is 0 Å². The normalized spacial score (nSPS) is 20.8. The highest BCUT2D eigenvalue weighted by Crippen LogP contribution is 2.21. The molecule has 0 aromatic rings. The van der Waals surface area contributed by atoms with Crippen LogP contribution in [-0.2, 0) is 0 Å². The second kappa shape index (κ2) is 10.4. The van der Waals surface area contributed by atoms with E-state index in [0.717, 1.165) is 37.4 Å². The summed E-state index contributed by atoms with van der Waals surface area (Å²) in [6.07, 6.45) is 4.81. The van der Waals surface area contributed by atoms with Crippen LogP contribution in [0.15, 0.2) is 4.99 Å². The van der Waals surface area contributed by atoms with E-state index in [1.807, 2.05) is 11.8 Å². The van der Waals surface area contributed by atoms with Gasteiger partial charge < -0.3 is 15.5 Å². The second-order valence-electron chi connectivity index (χ2n) is 7.70. The van der Waals surface area contributed by atoms with Gasteiger partial charge in [0.2, 0.25) is 0 Å². The summed E-state index contributed by atoms with van der Waals surface area (Å²) in [5.74, 6) is 2.46. The van der Waals surface area contributed by atoms with E-state index in [-0.39, 0.29) is 4.75 Å². The van der Waals surface area contributed by atoms with Crippen molar-refractivity contribution < 1.29 is 0 Å². The molecule has 0 radical (unpaired) electrons. The highest BCUT2D eigenvalue weighted by atomic mass is 32.2. The van der Waals surface area contributed by atoms with Gasteiger partial charge in [0.15, 0.2) is 5.96 Å². The molecule has 0 aromatic carbocycles. The molecule has 0 saturated carbocycles. The fraction of sp³-hybridized carbons (Fsp3) is 0.944. The van der Waals surface area contributed by atoms with Gasteiger partial charge in [-0.05, 0) is 58.2 Å². The summed E-state index contributed by atoms with van der Waals surface area (Å²) in [6, 6.07) is 0. The highest BCUT2D eigenvalue weighted by Gasteiger charge is 2.21. The zero-order valence-electron chi connectivity index (χ0n) is 16.1. The van der Waals surface area contributed by atoms with Crippen molar-refractivity contribution in [1.29, 1.82) is 0 Å². The summed E-state index contributed by atoms with van der Waals surface area (Å²) in [5.41, 5.74) is 0. The van der Waals surface area contributed by atoms with Crippen molar-refractivity contribution in [1.82, 2.24) is 15.5 Å². The molecular weight excluding hydrogens is 304 g/mol. The van der Waals surface area contributed by atoms with E-state index in [1.165, 1.54) is 32.5 Å². The van der Waals surface area contributed by atoms with Crippen LogP contribution in [0.4, 0.5) is 0 Å². The molecule has 0 aliphatic carbocycles. The minimum Gasteiger partial charge on any atom is -0.357 e. The van der Waals surface area contributed by atoms with E-state index in [9.17, 15) is 0 Å². The molecule has 2 N–H and O–H groups in total. The van der Waals surface area contributed by atoms with Gasteiger partial charge in [-0.25, -0.2) is 0 Å². The predicted octanol–water partition coefficient (Wildman–Crippen LogP) is 3.05. The zero-order chi connectivity index (χ0) is 17.3. The van der Waals surface area contributed by atoms with Crippen LogP contribution in [0.25, 0.3) is 0 Å². The van der Waals surface area contributed by atoms with Gasteiger partial charge in [0.25, 0.3) is 0 Å². The molecule has 1 aliphatic heterocycles. The highest BCUT2D eigenvalue weighted by molar-refractivity contribution is 7.99. The molecule has 5 heteroatoms. The predicted molar refractivity (Wildman–Crippen MR) is 106 cm³/mol. The summed E-state index contributed by atoms with van der Waals surface area (Å²) in [4.78, 5) is 7.39. The maximum Gasteiger partial charge on any atom is 0.191 e. The van der Waals surface area contributed by atoms with E-state index in [2.05, 4.69) is 56.4 Å². The third-order valence-electron chi connectivity index (χ3n) is 4.30. The summed E-state index contributed by atoms with van der Waals surface area (Å²) in [5, 5.41) is 6.94. The van der Waals surface area contributed by atoms with Crippen LogP contribution in [0.5, 0.6) is 0 Å². The van der Waals surface area contributed by atoms with Crippen molar-refractivity contribution in [3.8, 4) is 0 Å². The number of nitrogens with zero attached hydrogens (tertiary/aromatic N) is 2. The first-order valence-electron chi connectivity index (χ1n) is 9.16. The van der Waals surface area contributed by atoms with Crippen LogP contribution in [0, 0.1) is 11.8 Å². The van der Waals surface area contributed by atoms with Crippen molar-refractivity contribution >= 4 is 17.7 Å². The van der Waals surface area contributed by atoms with Gasteiger partial charge in [0, 0.05) is 30.9 Å². The molecule has 136 valence electrons. The summed E-state index contributed by atoms with van der Waals surface area (Å²) in [6.45, 7) is 17.7. The number of likely N-dealkylation sites (tertiary alicyclic amines) is 1. The molecule has 4 nitrogen and oxygen atoms in total. The standard InChI is InChI=1S/C18H38N4S/c1-7-19-17(21-14-18(4,5)23-6)20-11-16-9-8-10-22(13-16)12-15(2)3/h15-16H,7-14H2,1-6H3,(H2,19,20,21). The average molecular weight is 343 g/mol. The van der Waals surface area contributed by atoms with E-state index in [4.69, 9.17) is 4.99 Å². The Kier molecular flexibility index (Phi) is 9.37. The molecule has 1 fully saturated rings. The molecule has 0 amide bonds. The zero-order valence-corrected chi connectivity index (χ0v) is 16.9. The topological polar surface area (TPSA) is 39.7 Å². The Balaban J connectivity index is 2.46. The van der Waals surface area contributed by atoms with Gasteiger partial charge in [0.1, 0.15) is 0 Å². The Morgan fingerprint density at radius 1 is 1.35 bits per heavy atom. The quantitative estimate of drug-likeness (QED) is 0.525. The molecule has 0 aromatic heterocycles. The van der Waals surface area contributed by atoms with E-state index >= 15 is 0 Å². The third-order valence-corrected chi connectivity index (χ3v) is 5.53. The Morgan fingerprint density at radius 2 is 2.09 bits per heavy atom. The number of piperidine rings is 1. The first kappa shape index (κ1) is 20.6. The molecule has 1 rings (SSSR count). The molecule has 1 aliphatic rings. The van der Waals surface area contributed by atoms with Crippen LogP contribution >= 0.6 is 11.8 Å². The van der Waals surface area contributed by atoms with Gasteiger partial charge in [0.05, 0.1) is 6.54 Å². The Hall–Kier alpha value is -0.420. The van der Waals surface area contributed by atoms with Gasteiger partial charge >= 0.3 is 0 Å². The average Bonchev–Trinajstić information content (AvgIpc) is 2.50. The van der Waals surface area contributed by atoms with Crippen LogP contribution in [0.3, 0.4) is 0 Å². The van der Waals surface area contributed by atoms with Gasteiger partial charge in [-0.2, -0.15) is 11.8 Å². The number of hydrogen-bond acceptors (Lipinski definition) is 3. The number of nitrogens with one attached hydrogen (secondary N) is 2. The van der Waals surface area contributed by atoms with Crippen LogP contribution in [0.1, 0.15) is 47.5 Å². The lowest BCUT2D eigenvalue weighted by molar-refractivity contribution is 0.159. The monoisotopic (exact) mass is 342 g/mol. The van der Waals surface area contributed by atoms with Gasteiger partial charge in [-0.1, -0.05) is 13.8 Å². The lowest BCUT2D eigenvalue weighted by Crippen LogP contribution is -2.45. The molecule has 0 bridgehead atoms.